The zero-order valence-corrected chi connectivity index (χ0v) is 13.1. The molecule has 0 radical (unpaired) electrons. The number of aromatic nitrogens is 2. The summed E-state index contributed by atoms with van der Waals surface area (Å²) in [5, 5.41) is 0. The Labute approximate surface area is 126 Å². The van der Waals surface area contributed by atoms with Crippen LogP contribution in [0.4, 0.5) is 10.2 Å². The Bertz CT molecular complexity index is 617. The average molecular weight is 289 g/mol. The number of nitrogens with zero attached hydrogens (tertiary/aromatic N) is 2. The molecule has 0 aliphatic heterocycles. The molecule has 0 amide bonds. The first-order valence-electron chi connectivity index (χ1n) is 7.69. The van der Waals surface area contributed by atoms with Crippen molar-refractivity contribution < 1.29 is 4.39 Å². The van der Waals surface area contributed by atoms with E-state index < -0.39 is 0 Å². The molecular weight excluding hydrogens is 265 g/mol. The molecule has 0 saturated carbocycles. The Kier molecular flexibility index (Phi) is 4.99. The lowest BCUT2D eigenvalue weighted by Gasteiger charge is -2.09. The van der Waals surface area contributed by atoms with E-state index in [1.54, 1.807) is 6.07 Å². The largest absolute Gasteiger partial charge is 0.383 e. The molecule has 0 aliphatic carbocycles. The normalized spacial score (nSPS) is 11.0. The van der Waals surface area contributed by atoms with Gasteiger partial charge in [0.1, 0.15) is 23.2 Å². The number of benzene rings is 1. The third-order valence-corrected chi connectivity index (χ3v) is 3.74. The Morgan fingerprint density at radius 3 is 2.62 bits per heavy atom. The zero-order valence-electron chi connectivity index (χ0n) is 13.1. The van der Waals surface area contributed by atoms with Gasteiger partial charge in [0.15, 0.2) is 0 Å². The lowest BCUT2D eigenvalue weighted by atomic mass is 10.1. The van der Waals surface area contributed by atoms with Gasteiger partial charge >= 0.3 is 0 Å². The number of hydrogen-bond donors (Lipinski definition) is 1. The molecule has 3 nitrogen and oxygen atoms in total. The number of nitrogens with two attached hydrogens (primary N) is 1. The van der Waals surface area contributed by atoms with Crippen LogP contribution in [-0.4, -0.2) is 9.55 Å². The lowest BCUT2D eigenvalue weighted by Crippen LogP contribution is -2.07. The first-order chi connectivity index (χ1) is 10.1. The number of nitrogen functional groups attached to an aromatic ring is 1. The maximum atomic E-state index is 13.3. The molecule has 114 valence electrons. The molecule has 1 aromatic heterocycles. The number of halogens is 1. The van der Waals surface area contributed by atoms with Crippen molar-refractivity contribution in [3.05, 3.63) is 35.4 Å². The topological polar surface area (TPSA) is 43.8 Å². The third-order valence-electron chi connectivity index (χ3n) is 3.74. The van der Waals surface area contributed by atoms with E-state index in [4.69, 9.17) is 10.7 Å². The van der Waals surface area contributed by atoms with E-state index in [0.717, 1.165) is 54.9 Å². The minimum absolute atomic E-state index is 0.228. The summed E-state index contributed by atoms with van der Waals surface area (Å²) in [5.41, 5.74) is 8.89. The molecule has 1 heterocycles. The van der Waals surface area contributed by atoms with E-state index in [-0.39, 0.29) is 5.82 Å². The highest BCUT2D eigenvalue weighted by Crippen LogP contribution is 2.30. The minimum Gasteiger partial charge on any atom is -0.383 e. The van der Waals surface area contributed by atoms with E-state index in [1.807, 2.05) is 6.92 Å². The summed E-state index contributed by atoms with van der Waals surface area (Å²) in [6, 6.07) is 4.76. The van der Waals surface area contributed by atoms with Gasteiger partial charge in [0.05, 0.1) is 0 Å². The second-order valence-corrected chi connectivity index (χ2v) is 5.48. The van der Waals surface area contributed by atoms with E-state index in [0.29, 0.717) is 5.82 Å². The van der Waals surface area contributed by atoms with Crippen LogP contribution >= 0.6 is 0 Å². The highest BCUT2D eigenvalue weighted by atomic mass is 19.1. The van der Waals surface area contributed by atoms with Crippen molar-refractivity contribution in [3.8, 4) is 11.3 Å². The standard InChI is InChI=1S/C17H24FN3/c1-4-6-10-21-15(7-5-2)20-16(17(21)19)14-9-8-13(18)11-12(14)3/h8-9,11H,4-7,10,19H2,1-3H3. The van der Waals surface area contributed by atoms with Crippen molar-refractivity contribution in [2.75, 3.05) is 5.73 Å². The minimum atomic E-state index is -0.228. The number of hydrogen-bond acceptors (Lipinski definition) is 2. The molecule has 4 heteroatoms. The van der Waals surface area contributed by atoms with Gasteiger partial charge < -0.3 is 10.3 Å². The second-order valence-electron chi connectivity index (χ2n) is 5.48. The van der Waals surface area contributed by atoms with Gasteiger partial charge in [0, 0.05) is 18.5 Å². The van der Waals surface area contributed by atoms with Crippen LogP contribution < -0.4 is 5.73 Å². The molecule has 0 aliphatic rings. The summed E-state index contributed by atoms with van der Waals surface area (Å²) in [7, 11) is 0. The van der Waals surface area contributed by atoms with Crippen LogP contribution in [0.3, 0.4) is 0 Å². The maximum absolute atomic E-state index is 13.3. The molecule has 0 spiro atoms. The molecular formula is C17H24FN3. The van der Waals surface area contributed by atoms with Crippen LogP contribution in [0.2, 0.25) is 0 Å². The monoisotopic (exact) mass is 289 g/mol. The average Bonchev–Trinajstić information content (AvgIpc) is 2.74. The molecule has 0 unspecified atom stereocenters. The van der Waals surface area contributed by atoms with Gasteiger partial charge in [-0.05, 0) is 43.5 Å². The van der Waals surface area contributed by atoms with Gasteiger partial charge in [-0.1, -0.05) is 20.3 Å². The van der Waals surface area contributed by atoms with Gasteiger partial charge in [0.25, 0.3) is 0 Å². The Morgan fingerprint density at radius 1 is 1.24 bits per heavy atom. The zero-order chi connectivity index (χ0) is 15.4. The van der Waals surface area contributed by atoms with Gasteiger partial charge in [0.2, 0.25) is 0 Å². The number of rotatable bonds is 6. The summed E-state index contributed by atoms with van der Waals surface area (Å²) in [6.45, 7) is 7.09. The number of imidazole rings is 1. The van der Waals surface area contributed by atoms with Crippen molar-refractivity contribution >= 4 is 5.82 Å². The molecule has 2 aromatic rings. The predicted octanol–water partition coefficient (Wildman–Crippen LogP) is 4.33. The molecule has 0 fully saturated rings. The lowest BCUT2D eigenvalue weighted by molar-refractivity contribution is 0.604. The Morgan fingerprint density at radius 2 is 2.00 bits per heavy atom. The van der Waals surface area contributed by atoms with E-state index in [9.17, 15) is 4.39 Å². The van der Waals surface area contributed by atoms with Crippen LogP contribution in [0.15, 0.2) is 18.2 Å². The molecule has 0 saturated heterocycles. The van der Waals surface area contributed by atoms with Gasteiger partial charge in [-0.2, -0.15) is 0 Å². The summed E-state index contributed by atoms with van der Waals surface area (Å²) in [5.74, 6) is 1.50. The van der Waals surface area contributed by atoms with Crippen LogP contribution in [-0.2, 0) is 13.0 Å². The fourth-order valence-electron chi connectivity index (χ4n) is 2.58. The number of aryl methyl sites for hydroxylation is 2. The van der Waals surface area contributed by atoms with Crippen molar-refractivity contribution in [2.24, 2.45) is 0 Å². The van der Waals surface area contributed by atoms with Crippen LogP contribution in [0.1, 0.15) is 44.5 Å². The highest BCUT2D eigenvalue weighted by Gasteiger charge is 2.17. The summed E-state index contributed by atoms with van der Waals surface area (Å²) >= 11 is 0. The van der Waals surface area contributed by atoms with E-state index in [2.05, 4.69) is 18.4 Å². The maximum Gasteiger partial charge on any atom is 0.131 e. The fraction of sp³-hybridized carbons (Fsp3) is 0.471. The highest BCUT2D eigenvalue weighted by molar-refractivity contribution is 5.73. The van der Waals surface area contributed by atoms with Crippen molar-refractivity contribution in [1.29, 1.82) is 0 Å². The molecule has 0 atom stereocenters. The summed E-state index contributed by atoms with van der Waals surface area (Å²) in [6.07, 6.45) is 4.14. The van der Waals surface area contributed by atoms with E-state index in [1.165, 1.54) is 12.1 Å². The molecule has 2 rings (SSSR count). The van der Waals surface area contributed by atoms with Crippen LogP contribution in [0, 0.1) is 12.7 Å². The van der Waals surface area contributed by atoms with Crippen LogP contribution in [0.5, 0.6) is 0 Å². The first kappa shape index (κ1) is 15.5. The van der Waals surface area contributed by atoms with Crippen molar-refractivity contribution in [1.82, 2.24) is 9.55 Å². The van der Waals surface area contributed by atoms with Crippen LogP contribution in [0.25, 0.3) is 11.3 Å². The third kappa shape index (κ3) is 3.26. The van der Waals surface area contributed by atoms with Gasteiger partial charge in [-0.3, -0.25) is 0 Å². The van der Waals surface area contributed by atoms with E-state index >= 15 is 0 Å². The van der Waals surface area contributed by atoms with Gasteiger partial charge in [-0.15, -0.1) is 0 Å². The smallest absolute Gasteiger partial charge is 0.131 e. The first-order valence-corrected chi connectivity index (χ1v) is 7.69. The Balaban J connectivity index is 2.48. The summed E-state index contributed by atoms with van der Waals surface area (Å²) in [4.78, 5) is 4.73. The molecule has 21 heavy (non-hydrogen) atoms. The Hall–Kier alpha value is -1.84. The second kappa shape index (κ2) is 6.74. The van der Waals surface area contributed by atoms with Crippen molar-refractivity contribution in [3.63, 3.8) is 0 Å². The molecule has 2 N–H and O–H groups in total. The SMILES string of the molecule is CCCCn1c(CCC)nc(-c2ccc(F)cc2C)c1N. The molecule has 1 aromatic carbocycles. The van der Waals surface area contributed by atoms with Crippen molar-refractivity contribution in [2.45, 2.75) is 53.0 Å². The van der Waals surface area contributed by atoms with Gasteiger partial charge in [-0.25, -0.2) is 9.37 Å². The number of anilines is 1. The predicted molar refractivity (Wildman–Crippen MR) is 85.7 cm³/mol. The summed E-state index contributed by atoms with van der Waals surface area (Å²) < 4.78 is 15.4. The fourth-order valence-corrected chi connectivity index (χ4v) is 2.58. The number of unbranched alkanes of at least 4 members (excludes halogenated alkanes) is 1. The quantitative estimate of drug-likeness (QED) is 0.860. The molecule has 0 bridgehead atoms.